The number of rotatable bonds is 20. The van der Waals surface area contributed by atoms with E-state index < -0.39 is 47.5 Å². The first-order valence-electron chi connectivity index (χ1n) is 18.6. The maximum absolute atomic E-state index is 14.1. The van der Waals surface area contributed by atoms with Crippen LogP contribution in [0.25, 0.3) is 0 Å². The maximum atomic E-state index is 14.1. The Kier molecular flexibility index (Phi) is 15.3. The molecule has 0 saturated carbocycles. The lowest BCUT2D eigenvalue weighted by molar-refractivity contribution is -0.135. The minimum absolute atomic E-state index is 0.0171. The summed E-state index contributed by atoms with van der Waals surface area (Å²) in [7, 11) is 0. The molecule has 2 saturated heterocycles. The Bertz CT molecular complexity index is 1480. The molecule has 0 aliphatic carbocycles. The van der Waals surface area contributed by atoms with Crippen molar-refractivity contribution in [2.24, 2.45) is 11.8 Å². The second-order valence-electron chi connectivity index (χ2n) is 15.0. The van der Waals surface area contributed by atoms with Crippen LogP contribution in [0.3, 0.4) is 0 Å². The number of hydrogen-bond acceptors (Lipinski definition) is 8. The van der Waals surface area contributed by atoms with Crippen LogP contribution >= 0.6 is 0 Å². The lowest BCUT2D eigenvalue weighted by Gasteiger charge is -2.29. The third-order valence-electron chi connectivity index (χ3n) is 9.38. The average molecular weight is 720 g/mol. The molecular weight excluding hydrogens is 662 g/mol. The maximum Gasteiger partial charge on any atom is 0.243 e. The number of epoxide rings is 1. The van der Waals surface area contributed by atoms with E-state index in [1.54, 1.807) is 6.92 Å². The molecular formula is C40H57N5O7. The van der Waals surface area contributed by atoms with Crippen molar-refractivity contribution >= 4 is 29.4 Å². The average Bonchev–Trinajstić information content (AvgIpc) is 3.87. The molecule has 2 heterocycles. The molecule has 2 aromatic rings. The Labute approximate surface area is 308 Å². The number of nitrogens with zero attached hydrogens (tertiary/aromatic N) is 1. The predicted octanol–water partition coefficient (Wildman–Crippen LogP) is 2.58. The number of nitrogens with one attached hydrogen (secondary N) is 4. The standard InChI is InChI=1S/C40H57N5O7/c1-27(2)22-32(36(47)40(5)26-52-40)42-39(50)34(24-30-14-10-7-11-15-30)44-38(49)33(23-28(3)4)43-37(48)31(17-16-29-12-8-6-9-13-29)41-35(46)25-45-18-20-51-21-19-45/h6-15,27-28,31-34H,16-26H2,1-5H3,(H,41,46)(H,42,50)(H,43,48)(H,44,49)/t31-,32-,33+,34-,40-/m1/s1. The van der Waals surface area contributed by atoms with Crippen LogP contribution in [-0.2, 0) is 46.3 Å². The first-order valence-corrected chi connectivity index (χ1v) is 18.6. The summed E-state index contributed by atoms with van der Waals surface area (Å²) in [5.41, 5.74) is 0.915. The molecule has 0 aromatic heterocycles. The number of carbonyl (C=O) groups is 5. The van der Waals surface area contributed by atoms with Crippen LogP contribution in [-0.4, -0.2) is 104 Å². The summed E-state index contributed by atoms with van der Waals surface area (Å²) in [5.74, 6) is -1.83. The second kappa shape index (κ2) is 19.6. The molecule has 0 bridgehead atoms. The van der Waals surface area contributed by atoms with Gasteiger partial charge in [0.2, 0.25) is 23.6 Å². The molecule has 2 fully saturated rings. The quantitative estimate of drug-likeness (QED) is 0.152. The van der Waals surface area contributed by atoms with Gasteiger partial charge in [-0.25, -0.2) is 0 Å². The summed E-state index contributed by atoms with van der Waals surface area (Å²) in [6, 6.07) is 15.3. The van der Waals surface area contributed by atoms with Crippen LogP contribution in [0.2, 0.25) is 0 Å². The van der Waals surface area contributed by atoms with Crippen LogP contribution in [0.4, 0.5) is 0 Å². The second-order valence-corrected chi connectivity index (χ2v) is 15.0. The van der Waals surface area contributed by atoms with Gasteiger partial charge in [0.25, 0.3) is 0 Å². The Balaban J connectivity index is 1.51. The van der Waals surface area contributed by atoms with Gasteiger partial charge in [0.15, 0.2) is 5.78 Å². The number of benzene rings is 2. The summed E-state index contributed by atoms with van der Waals surface area (Å²) in [5, 5.41) is 11.7. The zero-order chi connectivity index (χ0) is 37.7. The van der Waals surface area contributed by atoms with Gasteiger partial charge < -0.3 is 30.7 Å². The fraction of sp³-hybridized carbons (Fsp3) is 0.575. The van der Waals surface area contributed by atoms with E-state index in [0.717, 1.165) is 11.1 Å². The molecule has 0 spiro atoms. The van der Waals surface area contributed by atoms with Crippen molar-refractivity contribution in [3.05, 3.63) is 71.8 Å². The van der Waals surface area contributed by atoms with Gasteiger partial charge >= 0.3 is 0 Å². The fourth-order valence-electron chi connectivity index (χ4n) is 6.33. The molecule has 12 nitrogen and oxygen atoms in total. The van der Waals surface area contributed by atoms with Crippen molar-refractivity contribution in [3.8, 4) is 0 Å². The van der Waals surface area contributed by atoms with Crippen molar-refractivity contribution in [2.45, 2.75) is 96.5 Å². The lowest BCUT2D eigenvalue weighted by atomic mass is 9.93. The molecule has 2 aliphatic rings. The first kappa shape index (κ1) is 40.6. The Hall–Kier alpha value is -4.13. The number of aryl methyl sites for hydroxylation is 1. The van der Waals surface area contributed by atoms with E-state index in [-0.39, 0.29) is 36.5 Å². The molecule has 4 rings (SSSR count). The van der Waals surface area contributed by atoms with Crippen molar-refractivity contribution in [1.29, 1.82) is 0 Å². The molecule has 52 heavy (non-hydrogen) atoms. The summed E-state index contributed by atoms with van der Waals surface area (Å²) in [4.78, 5) is 70.5. The number of hydrogen-bond donors (Lipinski definition) is 4. The van der Waals surface area contributed by atoms with Gasteiger partial charge in [-0.2, -0.15) is 0 Å². The van der Waals surface area contributed by atoms with E-state index in [0.29, 0.717) is 58.6 Å². The van der Waals surface area contributed by atoms with Gasteiger partial charge in [0.1, 0.15) is 23.7 Å². The predicted molar refractivity (Wildman–Crippen MR) is 198 cm³/mol. The molecule has 5 atom stereocenters. The van der Waals surface area contributed by atoms with Crippen LogP contribution in [0.1, 0.15) is 65.0 Å². The number of ketones is 1. The fourth-order valence-corrected chi connectivity index (χ4v) is 6.33. The lowest BCUT2D eigenvalue weighted by Crippen LogP contribution is -2.59. The van der Waals surface area contributed by atoms with Crippen molar-refractivity contribution in [2.75, 3.05) is 39.5 Å². The number of morpholine rings is 1. The highest BCUT2D eigenvalue weighted by Gasteiger charge is 2.50. The van der Waals surface area contributed by atoms with Crippen LogP contribution in [0.5, 0.6) is 0 Å². The highest BCUT2D eigenvalue weighted by atomic mass is 16.6. The van der Waals surface area contributed by atoms with Crippen LogP contribution in [0.15, 0.2) is 60.7 Å². The zero-order valence-corrected chi connectivity index (χ0v) is 31.3. The highest BCUT2D eigenvalue weighted by molar-refractivity contribution is 5.98. The molecule has 12 heteroatoms. The van der Waals surface area contributed by atoms with E-state index in [1.165, 1.54) is 0 Å². The summed E-state index contributed by atoms with van der Waals surface area (Å²) >= 11 is 0. The summed E-state index contributed by atoms with van der Waals surface area (Å²) in [6.45, 7) is 12.3. The topological polar surface area (TPSA) is 158 Å². The molecule has 2 aromatic carbocycles. The van der Waals surface area contributed by atoms with Gasteiger partial charge in [-0.1, -0.05) is 88.4 Å². The number of ether oxygens (including phenoxy) is 2. The Morgan fingerprint density at radius 1 is 0.692 bits per heavy atom. The van der Waals surface area contributed by atoms with Gasteiger partial charge in [-0.15, -0.1) is 0 Å². The van der Waals surface area contributed by atoms with Gasteiger partial charge in [0, 0.05) is 19.5 Å². The van der Waals surface area contributed by atoms with E-state index >= 15 is 0 Å². The third kappa shape index (κ3) is 13.1. The molecule has 4 amide bonds. The highest BCUT2D eigenvalue weighted by Crippen LogP contribution is 2.29. The Morgan fingerprint density at radius 2 is 1.19 bits per heavy atom. The molecule has 0 radical (unpaired) electrons. The van der Waals surface area contributed by atoms with Crippen molar-refractivity contribution in [3.63, 3.8) is 0 Å². The summed E-state index contributed by atoms with van der Waals surface area (Å²) < 4.78 is 10.8. The minimum atomic E-state index is -1.03. The smallest absolute Gasteiger partial charge is 0.243 e. The SMILES string of the molecule is CC(C)C[C@H](NC(=O)[C@@H](CCc1ccccc1)NC(=O)CN1CCOCC1)C(=O)N[C@H](Cc1ccccc1)C(=O)N[C@H](CC(C)C)C(=O)[C@@]1(C)CO1. The largest absolute Gasteiger partial charge is 0.379 e. The van der Waals surface area contributed by atoms with E-state index in [4.69, 9.17) is 9.47 Å². The van der Waals surface area contributed by atoms with Gasteiger partial charge in [-0.3, -0.25) is 28.9 Å². The van der Waals surface area contributed by atoms with Gasteiger partial charge in [0.05, 0.1) is 32.4 Å². The molecule has 284 valence electrons. The third-order valence-corrected chi connectivity index (χ3v) is 9.38. The molecule has 2 aliphatic heterocycles. The normalized spacial score (nSPS) is 19.6. The minimum Gasteiger partial charge on any atom is -0.379 e. The Morgan fingerprint density at radius 3 is 1.77 bits per heavy atom. The number of amides is 4. The monoisotopic (exact) mass is 719 g/mol. The summed E-state index contributed by atoms with van der Waals surface area (Å²) in [6.07, 6.45) is 1.76. The number of carbonyl (C=O) groups excluding carboxylic acids is 5. The van der Waals surface area contributed by atoms with Crippen molar-refractivity contribution in [1.82, 2.24) is 26.2 Å². The zero-order valence-electron chi connectivity index (χ0n) is 31.3. The first-order chi connectivity index (χ1) is 24.8. The number of Topliss-reactive ketones (excluding diaryl/α,β-unsaturated/α-hetero) is 1. The molecule has 4 N–H and O–H groups in total. The van der Waals surface area contributed by atoms with Gasteiger partial charge in [-0.05, 0) is 55.6 Å². The molecule has 0 unspecified atom stereocenters. The van der Waals surface area contributed by atoms with Crippen molar-refractivity contribution < 1.29 is 33.4 Å². The van der Waals surface area contributed by atoms with Crippen LogP contribution in [0, 0.1) is 11.8 Å². The van der Waals surface area contributed by atoms with E-state index in [9.17, 15) is 24.0 Å². The van der Waals surface area contributed by atoms with E-state index in [1.807, 2.05) is 93.3 Å². The van der Waals surface area contributed by atoms with Crippen LogP contribution < -0.4 is 21.3 Å². The van der Waals surface area contributed by atoms with E-state index in [2.05, 4.69) is 21.3 Å².